The van der Waals surface area contributed by atoms with E-state index < -0.39 is 29.5 Å². The molecule has 1 aromatic carbocycles. The van der Waals surface area contributed by atoms with Crippen molar-refractivity contribution in [3.05, 3.63) is 51.8 Å². The fraction of sp³-hybridized carbons (Fsp3) is 0.360. The Balaban J connectivity index is 1.92. The summed E-state index contributed by atoms with van der Waals surface area (Å²) in [6.07, 6.45) is 1.58. The van der Waals surface area contributed by atoms with E-state index >= 15 is 0 Å². The van der Waals surface area contributed by atoms with Crippen molar-refractivity contribution >= 4 is 41.1 Å². The summed E-state index contributed by atoms with van der Waals surface area (Å²) < 4.78 is 10.5. The number of hydrogen-bond donors (Lipinski definition) is 4. The van der Waals surface area contributed by atoms with Crippen LogP contribution in [0, 0.1) is 13.8 Å². The van der Waals surface area contributed by atoms with Crippen molar-refractivity contribution in [3.8, 4) is 0 Å². The van der Waals surface area contributed by atoms with Crippen molar-refractivity contribution in [1.29, 1.82) is 0 Å². The normalized spacial score (nSPS) is 14.9. The van der Waals surface area contributed by atoms with Crippen molar-refractivity contribution in [3.63, 3.8) is 0 Å². The largest absolute Gasteiger partial charge is 0.478 e. The molecule has 1 aliphatic heterocycles. The van der Waals surface area contributed by atoms with Gasteiger partial charge in [-0.15, -0.1) is 0 Å². The molecule has 35 heavy (non-hydrogen) atoms. The van der Waals surface area contributed by atoms with Crippen LogP contribution in [0.3, 0.4) is 0 Å². The molecular formula is C25H29N3O7. The van der Waals surface area contributed by atoms with Gasteiger partial charge in [0.2, 0.25) is 0 Å². The Hall–Kier alpha value is -3.92. The standard InChI is InChI=1S/C25H29N3O7/c1-12-18(10-16-15-9-14(23(31)32)7-8-17(15)27-21(16)29)26-13(2)20(12)22(30)28-19(24(33)34-6)11-35-25(3,4)5/h7-10,19,26H,11H2,1-6H3,(H,27,29)(H,28,30)(H,31,32)/t19-/m0/s1. The summed E-state index contributed by atoms with van der Waals surface area (Å²) in [6.45, 7) is 8.85. The summed E-state index contributed by atoms with van der Waals surface area (Å²) in [4.78, 5) is 52.4. The second-order valence-electron chi connectivity index (χ2n) is 9.21. The Morgan fingerprint density at radius 3 is 2.49 bits per heavy atom. The van der Waals surface area contributed by atoms with Crippen LogP contribution < -0.4 is 10.6 Å². The minimum Gasteiger partial charge on any atom is -0.478 e. The number of benzene rings is 1. The number of esters is 1. The number of aromatic amines is 1. The number of nitrogens with one attached hydrogen (secondary N) is 3. The van der Waals surface area contributed by atoms with Crippen molar-refractivity contribution in [2.45, 2.75) is 46.3 Å². The molecule has 10 heteroatoms. The summed E-state index contributed by atoms with van der Waals surface area (Å²) in [5, 5.41) is 14.7. The van der Waals surface area contributed by atoms with Crippen molar-refractivity contribution < 1.29 is 33.8 Å². The molecule has 0 radical (unpaired) electrons. The van der Waals surface area contributed by atoms with E-state index in [-0.39, 0.29) is 23.7 Å². The number of ether oxygens (including phenoxy) is 2. The number of amides is 2. The van der Waals surface area contributed by atoms with Crippen LogP contribution in [0.25, 0.3) is 11.6 Å². The van der Waals surface area contributed by atoms with Crippen LogP contribution in [0.5, 0.6) is 0 Å². The van der Waals surface area contributed by atoms with E-state index in [0.717, 1.165) is 0 Å². The van der Waals surface area contributed by atoms with Crippen LogP contribution in [0.2, 0.25) is 0 Å². The van der Waals surface area contributed by atoms with Gasteiger partial charge in [-0.3, -0.25) is 9.59 Å². The first-order valence-electron chi connectivity index (χ1n) is 10.9. The van der Waals surface area contributed by atoms with Gasteiger partial charge in [0.1, 0.15) is 0 Å². The number of carboxylic acids is 1. The van der Waals surface area contributed by atoms with Gasteiger partial charge in [0, 0.05) is 22.6 Å². The van der Waals surface area contributed by atoms with Crippen LogP contribution in [0.1, 0.15) is 64.0 Å². The molecule has 10 nitrogen and oxygen atoms in total. The molecule has 3 rings (SSSR count). The molecule has 1 aromatic heterocycles. The number of rotatable bonds is 7. The van der Waals surface area contributed by atoms with Gasteiger partial charge in [-0.2, -0.15) is 0 Å². The van der Waals surface area contributed by atoms with Gasteiger partial charge < -0.3 is 30.2 Å². The molecule has 0 saturated carbocycles. The zero-order chi connectivity index (χ0) is 26.1. The molecule has 2 aromatic rings. The Kier molecular flexibility index (Phi) is 7.16. The van der Waals surface area contributed by atoms with E-state index in [4.69, 9.17) is 9.47 Å². The number of fused-ring (bicyclic) bond motifs is 1. The number of carbonyl (C=O) groups is 4. The molecule has 2 heterocycles. The van der Waals surface area contributed by atoms with E-state index in [0.29, 0.717) is 33.8 Å². The summed E-state index contributed by atoms with van der Waals surface area (Å²) in [7, 11) is 1.23. The molecule has 0 fully saturated rings. The number of methoxy groups -OCH3 is 1. The van der Waals surface area contributed by atoms with Crippen LogP contribution in [-0.2, 0) is 19.1 Å². The molecule has 1 atom stereocenters. The third kappa shape index (κ3) is 5.60. The molecule has 186 valence electrons. The minimum absolute atomic E-state index is 0.0527. The predicted octanol–water partition coefficient (Wildman–Crippen LogP) is 2.91. The van der Waals surface area contributed by atoms with Crippen molar-refractivity contribution in [2.24, 2.45) is 0 Å². The number of aromatic carboxylic acids is 1. The second-order valence-corrected chi connectivity index (χ2v) is 9.21. The van der Waals surface area contributed by atoms with Gasteiger partial charge in [-0.25, -0.2) is 9.59 Å². The van der Waals surface area contributed by atoms with Gasteiger partial charge in [-0.05, 0) is 64.5 Å². The Labute approximate surface area is 202 Å². The van der Waals surface area contributed by atoms with Gasteiger partial charge in [0.15, 0.2) is 6.04 Å². The van der Waals surface area contributed by atoms with Gasteiger partial charge in [0.05, 0.1) is 36.0 Å². The molecule has 4 N–H and O–H groups in total. The smallest absolute Gasteiger partial charge is 0.335 e. The predicted molar refractivity (Wildman–Crippen MR) is 129 cm³/mol. The van der Waals surface area contributed by atoms with Crippen molar-refractivity contribution in [1.82, 2.24) is 10.3 Å². The lowest BCUT2D eigenvalue weighted by atomic mass is 10.0. The first kappa shape index (κ1) is 25.7. The number of carbonyl (C=O) groups excluding carboxylic acids is 3. The third-order valence-corrected chi connectivity index (χ3v) is 5.52. The minimum atomic E-state index is -1.10. The van der Waals surface area contributed by atoms with Crippen LogP contribution in [-0.4, -0.2) is 59.2 Å². The zero-order valence-corrected chi connectivity index (χ0v) is 20.5. The maximum atomic E-state index is 13.1. The highest BCUT2D eigenvalue weighted by Gasteiger charge is 2.29. The molecule has 0 bridgehead atoms. The maximum Gasteiger partial charge on any atom is 0.335 e. The van der Waals surface area contributed by atoms with Crippen LogP contribution >= 0.6 is 0 Å². The topological polar surface area (TPSA) is 147 Å². The summed E-state index contributed by atoms with van der Waals surface area (Å²) in [6, 6.07) is 3.37. The van der Waals surface area contributed by atoms with Gasteiger partial charge >= 0.3 is 11.9 Å². The molecule has 1 aliphatic rings. The molecule has 2 amide bonds. The highest BCUT2D eigenvalue weighted by molar-refractivity contribution is 6.35. The zero-order valence-electron chi connectivity index (χ0n) is 20.5. The fourth-order valence-corrected chi connectivity index (χ4v) is 3.74. The number of hydrogen-bond acceptors (Lipinski definition) is 6. The van der Waals surface area contributed by atoms with Gasteiger partial charge in [-0.1, -0.05) is 0 Å². The summed E-state index contributed by atoms with van der Waals surface area (Å²) in [5.74, 6) is -2.62. The maximum absolute atomic E-state index is 13.1. The lowest BCUT2D eigenvalue weighted by Gasteiger charge is -2.24. The fourth-order valence-electron chi connectivity index (χ4n) is 3.74. The Bertz CT molecular complexity index is 1230. The van der Waals surface area contributed by atoms with E-state index in [1.54, 1.807) is 19.9 Å². The SMILES string of the molecule is COC(=O)[C@H](COC(C)(C)C)NC(=O)c1c(C)[nH]c(C=C2C(=O)Nc3ccc(C(=O)O)cc32)c1C. The molecule has 0 spiro atoms. The quantitative estimate of drug-likeness (QED) is 0.350. The van der Waals surface area contributed by atoms with Gasteiger partial charge in [0.25, 0.3) is 11.8 Å². The van der Waals surface area contributed by atoms with E-state index in [1.807, 2.05) is 20.8 Å². The summed E-state index contributed by atoms with van der Waals surface area (Å²) in [5.41, 5.74) is 2.68. The molecule has 0 aliphatic carbocycles. The Morgan fingerprint density at radius 2 is 1.89 bits per heavy atom. The lowest BCUT2D eigenvalue weighted by Crippen LogP contribution is -2.46. The Morgan fingerprint density at radius 1 is 1.20 bits per heavy atom. The van der Waals surface area contributed by atoms with E-state index in [9.17, 15) is 24.3 Å². The number of carboxylic acid groups (broad SMARTS) is 1. The van der Waals surface area contributed by atoms with Crippen molar-refractivity contribution in [2.75, 3.05) is 19.0 Å². The van der Waals surface area contributed by atoms with E-state index in [1.165, 1.54) is 25.3 Å². The number of aromatic nitrogens is 1. The molecular weight excluding hydrogens is 454 g/mol. The number of H-pyrrole nitrogens is 1. The first-order valence-corrected chi connectivity index (χ1v) is 10.9. The average molecular weight is 484 g/mol. The van der Waals surface area contributed by atoms with E-state index in [2.05, 4.69) is 15.6 Å². The van der Waals surface area contributed by atoms with Crippen LogP contribution in [0.4, 0.5) is 5.69 Å². The average Bonchev–Trinajstić information content (AvgIpc) is 3.24. The monoisotopic (exact) mass is 483 g/mol. The summed E-state index contributed by atoms with van der Waals surface area (Å²) >= 11 is 0. The number of anilines is 1. The van der Waals surface area contributed by atoms with Crippen LogP contribution in [0.15, 0.2) is 18.2 Å². The molecule has 0 saturated heterocycles. The highest BCUT2D eigenvalue weighted by atomic mass is 16.5. The third-order valence-electron chi connectivity index (χ3n) is 5.52. The lowest BCUT2D eigenvalue weighted by molar-refractivity contribution is -0.146. The second kappa shape index (κ2) is 9.75. The first-order chi connectivity index (χ1) is 16.3. The number of aryl methyl sites for hydroxylation is 1. The highest BCUT2D eigenvalue weighted by Crippen LogP contribution is 2.34. The molecule has 0 unspecified atom stereocenters.